The maximum absolute atomic E-state index is 9.27. The van der Waals surface area contributed by atoms with Gasteiger partial charge in [0, 0.05) is 25.3 Å². The fourth-order valence-corrected chi connectivity index (χ4v) is 3.05. The number of nitrogens with one attached hydrogen (secondary N) is 1. The van der Waals surface area contributed by atoms with E-state index in [1.54, 1.807) is 0 Å². The Bertz CT molecular complexity index is 384. The first-order valence-electron chi connectivity index (χ1n) is 7.38. The fourth-order valence-electron chi connectivity index (χ4n) is 3.05. The normalized spacial score (nSPS) is 28.2. The molecular formula is C15H23N3O. The van der Waals surface area contributed by atoms with Gasteiger partial charge in [0.15, 0.2) is 0 Å². The van der Waals surface area contributed by atoms with Gasteiger partial charge in [-0.25, -0.2) is 4.98 Å². The highest BCUT2D eigenvalue weighted by Crippen LogP contribution is 2.26. The van der Waals surface area contributed by atoms with E-state index in [4.69, 9.17) is 0 Å². The molecule has 2 heterocycles. The largest absolute Gasteiger partial charge is 0.393 e. The van der Waals surface area contributed by atoms with Crippen molar-refractivity contribution in [3.05, 3.63) is 24.4 Å². The SMILES string of the molecule is OC1CC(CNC2CCN(c3ccccn3)CC2)C1. The van der Waals surface area contributed by atoms with Crippen LogP contribution < -0.4 is 10.2 Å². The van der Waals surface area contributed by atoms with Crippen molar-refractivity contribution in [3.63, 3.8) is 0 Å². The van der Waals surface area contributed by atoms with Crippen LogP contribution in [0.3, 0.4) is 0 Å². The van der Waals surface area contributed by atoms with Crippen molar-refractivity contribution < 1.29 is 5.11 Å². The van der Waals surface area contributed by atoms with Gasteiger partial charge in [0.2, 0.25) is 0 Å². The molecule has 3 rings (SSSR count). The van der Waals surface area contributed by atoms with Gasteiger partial charge in [0.1, 0.15) is 5.82 Å². The standard InChI is InChI=1S/C15H23N3O/c19-14-9-12(10-14)11-17-13-4-7-18(8-5-13)15-3-1-2-6-16-15/h1-3,6,12-14,17,19H,4-5,7-11H2. The zero-order chi connectivity index (χ0) is 13.1. The molecule has 0 aromatic carbocycles. The van der Waals surface area contributed by atoms with E-state index in [0.717, 1.165) is 38.3 Å². The van der Waals surface area contributed by atoms with E-state index in [9.17, 15) is 5.11 Å². The molecule has 1 saturated heterocycles. The van der Waals surface area contributed by atoms with Crippen LogP contribution in [-0.4, -0.2) is 41.9 Å². The van der Waals surface area contributed by atoms with Crippen molar-refractivity contribution in [1.82, 2.24) is 10.3 Å². The Morgan fingerprint density at radius 2 is 2.05 bits per heavy atom. The fraction of sp³-hybridized carbons (Fsp3) is 0.667. The number of anilines is 1. The van der Waals surface area contributed by atoms with Crippen molar-refractivity contribution in [2.24, 2.45) is 5.92 Å². The van der Waals surface area contributed by atoms with Gasteiger partial charge in [-0.2, -0.15) is 0 Å². The summed E-state index contributed by atoms with van der Waals surface area (Å²) in [5.74, 6) is 1.80. The molecule has 0 amide bonds. The van der Waals surface area contributed by atoms with E-state index in [1.165, 1.54) is 12.8 Å². The van der Waals surface area contributed by atoms with Crippen molar-refractivity contribution in [3.8, 4) is 0 Å². The summed E-state index contributed by atoms with van der Waals surface area (Å²) in [6, 6.07) is 6.74. The molecule has 1 aliphatic carbocycles. The van der Waals surface area contributed by atoms with Gasteiger partial charge in [0.05, 0.1) is 6.10 Å². The van der Waals surface area contributed by atoms with Gasteiger partial charge in [0.25, 0.3) is 0 Å². The summed E-state index contributed by atoms with van der Waals surface area (Å²) in [5, 5.41) is 12.9. The van der Waals surface area contributed by atoms with Crippen LogP contribution in [0.4, 0.5) is 5.82 Å². The van der Waals surface area contributed by atoms with Gasteiger partial charge in [-0.3, -0.25) is 0 Å². The molecule has 4 nitrogen and oxygen atoms in total. The highest BCUT2D eigenvalue weighted by molar-refractivity contribution is 5.38. The molecule has 104 valence electrons. The maximum Gasteiger partial charge on any atom is 0.128 e. The first kappa shape index (κ1) is 12.9. The summed E-state index contributed by atoms with van der Waals surface area (Å²) in [6.07, 6.45) is 6.18. The quantitative estimate of drug-likeness (QED) is 0.860. The van der Waals surface area contributed by atoms with Crippen LogP contribution >= 0.6 is 0 Å². The summed E-state index contributed by atoms with van der Waals surface area (Å²) in [7, 11) is 0. The van der Waals surface area contributed by atoms with Gasteiger partial charge in [-0.15, -0.1) is 0 Å². The number of aliphatic hydroxyl groups excluding tert-OH is 1. The van der Waals surface area contributed by atoms with Crippen LogP contribution in [0.2, 0.25) is 0 Å². The van der Waals surface area contributed by atoms with E-state index in [0.29, 0.717) is 12.0 Å². The summed E-state index contributed by atoms with van der Waals surface area (Å²) < 4.78 is 0. The summed E-state index contributed by atoms with van der Waals surface area (Å²) in [4.78, 5) is 6.78. The zero-order valence-electron chi connectivity index (χ0n) is 11.3. The van der Waals surface area contributed by atoms with Crippen LogP contribution in [0.5, 0.6) is 0 Å². The molecule has 1 aliphatic heterocycles. The molecule has 2 fully saturated rings. The van der Waals surface area contributed by atoms with Gasteiger partial charge >= 0.3 is 0 Å². The lowest BCUT2D eigenvalue weighted by Crippen LogP contribution is -2.46. The minimum atomic E-state index is -0.0298. The molecule has 0 unspecified atom stereocenters. The van der Waals surface area contributed by atoms with Crippen molar-refractivity contribution in [2.75, 3.05) is 24.5 Å². The second-order valence-corrected chi connectivity index (χ2v) is 5.85. The van der Waals surface area contributed by atoms with Crippen LogP contribution in [-0.2, 0) is 0 Å². The number of hydrogen-bond donors (Lipinski definition) is 2. The first-order valence-corrected chi connectivity index (χ1v) is 7.38. The molecule has 19 heavy (non-hydrogen) atoms. The highest BCUT2D eigenvalue weighted by Gasteiger charge is 2.28. The maximum atomic E-state index is 9.27. The lowest BCUT2D eigenvalue weighted by atomic mass is 9.82. The highest BCUT2D eigenvalue weighted by atomic mass is 16.3. The van der Waals surface area contributed by atoms with Crippen LogP contribution in [0, 0.1) is 5.92 Å². The van der Waals surface area contributed by atoms with Crippen LogP contribution in [0.15, 0.2) is 24.4 Å². The molecule has 0 bridgehead atoms. The summed E-state index contributed by atoms with van der Waals surface area (Å²) in [6.45, 7) is 3.25. The third-order valence-electron chi connectivity index (χ3n) is 4.37. The summed E-state index contributed by atoms with van der Waals surface area (Å²) in [5.41, 5.74) is 0. The molecule has 0 spiro atoms. The average Bonchev–Trinajstić information content (AvgIpc) is 2.44. The predicted molar refractivity (Wildman–Crippen MR) is 76.2 cm³/mol. The first-order chi connectivity index (χ1) is 9.31. The predicted octanol–water partition coefficient (Wildman–Crippen LogP) is 1.41. The minimum absolute atomic E-state index is 0.0298. The molecule has 1 aromatic heterocycles. The Hall–Kier alpha value is -1.13. The van der Waals surface area contributed by atoms with Gasteiger partial charge < -0.3 is 15.3 Å². The molecule has 2 N–H and O–H groups in total. The lowest BCUT2D eigenvalue weighted by Gasteiger charge is -2.36. The lowest BCUT2D eigenvalue weighted by molar-refractivity contribution is 0.0415. The van der Waals surface area contributed by atoms with E-state index in [2.05, 4.69) is 27.3 Å². The molecule has 2 aliphatic rings. The Labute approximate surface area is 114 Å². The van der Waals surface area contributed by atoms with E-state index >= 15 is 0 Å². The second-order valence-electron chi connectivity index (χ2n) is 5.85. The molecule has 1 aromatic rings. The minimum Gasteiger partial charge on any atom is -0.393 e. The summed E-state index contributed by atoms with van der Waals surface area (Å²) >= 11 is 0. The monoisotopic (exact) mass is 261 g/mol. The van der Waals surface area contributed by atoms with Gasteiger partial charge in [-0.05, 0) is 50.3 Å². The molecule has 0 radical (unpaired) electrons. The number of piperidine rings is 1. The molecule has 0 atom stereocenters. The van der Waals surface area contributed by atoms with E-state index in [-0.39, 0.29) is 6.10 Å². The molecule has 4 heteroatoms. The number of pyridine rings is 1. The third kappa shape index (κ3) is 3.25. The van der Waals surface area contributed by atoms with Crippen molar-refractivity contribution in [1.29, 1.82) is 0 Å². The van der Waals surface area contributed by atoms with Crippen LogP contribution in [0.25, 0.3) is 0 Å². The van der Waals surface area contributed by atoms with Crippen molar-refractivity contribution in [2.45, 2.75) is 37.8 Å². The average molecular weight is 261 g/mol. The topological polar surface area (TPSA) is 48.4 Å². The number of aliphatic hydroxyl groups is 1. The Morgan fingerprint density at radius 1 is 1.26 bits per heavy atom. The van der Waals surface area contributed by atoms with E-state index in [1.807, 2.05) is 12.3 Å². The van der Waals surface area contributed by atoms with Crippen molar-refractivity contribution >= 4 is 5.82 Å². The number of rotatable bonds is 4. The van der Waals surface area contributed by atoms with E-state index < -0.39 is 0 Å². The Balaban J connectivity index is 1.40. The second kappa shape index (κ2) is 5.88. The zero-order valence-corrected chi connectivity index (χ0v) is 11.3. The molecule has 1 saturated carbocycles. The molecular weight excluding hydrogens is 238 g/mol. The van der Waals surface area contributed by atoms with Gasteiger partial charge in [-0.1, -0.05) is 6.07 Å². The van der Waals surface area contributed by atoms with Crippen LogP contribution in [0.1, 0.15) is 25.7 Å². The number of aromatic nitrogens is 1. The number of nitrogens with zero attached hydrogens (tertiary/aromatic N) is 2. The smallest absolute Gasteiger partial charge is 0.128 e. The Kier molecular flexibility index (Phi) is 3.99. The number of hydrogen-bond acceptors (Lipinski definition) is 4. The third-order valence-corrected chi connectivity index (χ3v) is 4.37. The Morgan fingerprint density at radius 3 is 2.68 bits per heavy atom.